The Morgan fingerprint density at radius 3 is 0.255 bits per heavy atom. The van der Waals surface area contributed by atoms with Crippen LogP contribution in [0.2, 0.25) is 0 Å². The van der Waals surface area contributed by atoms with E-state index in [1.807, 2.05) is 0 Å². The number of carbonyl (C=O) groups is 5. The fourth-order valence-electron chi connectivity index (χ4n) is 13.2. The third-order valence-electron chi connectivity index (χ3n) is 19.9. The van der Waals surface area contributed by atoms with Crippen molar-refractivity contribution < 1.29 is 55.0 Å². The number of aliphatic carboxylic acids is 5. The molecule has 0 unspecified atom stereocenters. The second-order valence-corrected chi connectivity index (χ2v) is 30.4. The number of hydrogen-bond acceptors (Lipinski definition) is 10. The van der Waals surface area contributed by atoms with E-state index in [9.17, 15) is 49.5 Å². The van der Waals surface area contributed by atoms with Gasteiger partial charge in [-0.05, 0) is 64.2 Å². The van der Waals surface area contributed by atoms with Gasteiger partial charge in [0.15, 0.2) is 0 Å². The minimum Gasteiger partial charge on any atom is -0.550 e. The molecule has 0 saturated heterocycles. The molecule has 0 spiro atoms. The maximum Gasteiger partial charge on any atom is 3.00 e. The van der Waals surface area contributed by atoms with Crippen molar-refractivity contribution in [3.8, 4) is 0 Å². The van der Waals surface area contributed by atoms with E-state index in [1.54, 1.807) is 0 Å². The van der Waals surface area contributed by atoms with Gasteiger partial charge in [0.2, 0.25) is 0 Å². The Balaban J connectivity index is -0.000000220. The van der Waals surface area contributed by atoms with Gasteiger partial charge in [0.25, 0.3) is 0 Å². The van der Waals surface area contributed by atoms with E-state index in [0.29, 0.717) is 0 Å². The minimum atomic E-state index is -0.903. The Hall–Kier alpha value is -2.16. The maximum absolute atomic E-state index is 10.2. The predicted molar refractivity (Wildman–Crippen MR) is 429 cm³/mol. The van der Waals surface area contributed by atoms with Gasteiger partial charge in [-0.2, -0.15) is 0 Å². The van der Waals surface area contributed by atoms with Crippen molar-refractivity contribution in [2.24, 2.45) is 0 Å². The van der Waals surface area contributed by atoms with Gasteiger partial charge < -0.3 is 49.5 Å². The van der Waals surface area contributed by atoms with Crippen molar-refractivity contribution >= 4 is 47.2 Å². The average molecular weight is 1460 g/mol. The summed E-state index contributed by atoms with van der Waals surface area (Å²) in [5, 5.41) is 51.1. The SMILES string of the molecule is CCCCCCCCCCCCCCCCCC(=O)[O-].CCCCCCCCCCCCCCCCCC(=O)[O-].CCCCCCCCCCCCCCCCCC(=O)[O-].CCCCCCCCCCCCCCCCCC(=O)[O-].CCCCCCCCCCCCCCCCCC(=O)[O-].[Al+3].[O+2]. The van der Waals surface area contributed by atoms with Crippen LogP contribution in [-0.4, -0.2) is 47.2 Å². The molecule has 0 rings (SSSR count). The molecule has 102 heavy (non-hydrogen) atoms. The zero-order valence-electron chi connectivity index (χ0n) is 69.1. The molecule has 0 aliphatic rings. The molecular weight excluding hydrogens is 1280 g/mol. The van der Waals surface area contributed by atoms with Crippen LogP contribution < -0.4 is 25.5 Å². The van der Waals surface area contributed by atoms with Crippen molar-refractivity contribution in [2.45, 2.75) is 548 Å². The molecule has 0 aliphatic heterocycles. The summed E-state index contributed by atoms with van der Waals surface area (Å²) >= 11 is 0. The van der Waals surface area contributed by atoms with Crippen LogP contribution in [0.1, 0.15) is 548 Å². The summed E-state index contributed by atoms with van der Waals surface area (Å²) in [5.41, 5.74) is 0. The molecule has 4 radical (unpaired) electrons. The first-order valence-corrected chi connectivity index (χ1v) is 44.8. The molecule has 0 aromatic rings. The summed E-state index contributed by atoms with van der Waals surface area (Å²) in [4.78, 5) is 51.1. The van der Waals surface area contributed by atoms with Crippen molar-refractivity contribution in [2.75, 3.05) is 0 Å². The Labute approximate surface area is 646 Å². The van der Waals surface area contributed by atoms with E-state index in [0.717, 1.165) is 64.2 Å². The second kappa shape index (κ2) is 110. The molecule has 0 aromatic carbocycles. The molecule has 0 bridgehead atoms. The first-order chi connectivity index (χ1) is 48.9. The van der Waals surface area contributed by atoms with Crippen LogP contribution in [-0.2, 0) is 29.4 Å². The normalized spacial score (nSPS) is 10.6. The molecule has 0 atom stereocenters. The van der Waals surface area contributed by atoms with Crippen molar-refractivity contribution in [1.29, 1.82) is 0 Å². The van der Waals surface area contributed by atoms with Crippen LogP contribution in [0.4, 0.5) is 0 Å². The molecule has 12 heteroatoms. The maximum atomic E-state index is 10.2. The van der Waals surface area contributed by atoms with Gasteiger partial charge in [0, 0.05) is 29.8 Å². The minimum absolute atomic E-state index is 0. The van der Waals surface area contributed by atoms with Gasteiger partial charge in [-0.25, -0.2) is 0 Å². The summed E-state index contributed by atoms with van der Waals surface area (Å²) in [5.74, 6) is -4.52. The van der Waals surface area contributed by atoms with E-state index in [-0.39, 0.29) is 54.9 Å². The fraction of sp³-hybridized carbons (Fsp3) is 0.944. The van der Waals surface area contributed by atoms with Crippen molar-refractivity contribution in [3.63, 3.8) is 0 Å². The third kappa shape index (κ3) is 134. The first kappa shape index (κ1) is 113. The topological polar surface area (TPSA) is 229 Å². The summed E-state index contributed by atoms with van der Waals surface area (Å²) < 4.78 is 0. The zero-order valence-corrected chi connectivity index (χ0v) is 70.3. The Bertz CT molecular complexity index is 1270. The third-order valence-corrected chi connectivity index (χ3v) is 19.9. The van der Waals surface area contributed by atoms with Gasteiger partial charge in [-0.15, -0.1) is 0 Å². The van der Waals surface area contributed by atoms with Gasteiger partial charge in [-0.3, -0.25) is 0 Å². The predicted octanol–water partition coefficient (Wildman–Crippen LogP) is 24.5. The second-order valence-electron chi connectivity index (χ2n) is 30.4. The largest absolute Gasteiger partial charge is 3.00 e. The molecule has 0 amide bonds. The molecule has 0 aliphatic carbocycles. The quantitative estimate of drug-likeness (QED) is 0.0413. The van der Waals surface area contributed by atoms with Crippen LogP contribution in [0.25, 0.3) is 0 Å². The molecule has 0 heterocycles. The Morgan fingerprint density at radius 1 is 0.137 bits per heavy atom. The van der Waals surface area contributed by atoms with Crippen LogP contribution in [0.3, 0.4) is 0 Å². The van der Waals surface area contributed by atoms with E-state index in [2.05, 4.69) is 34.6 Å². The van der Waals surface area contributed by atoms with E-state index in [1.165, 1.54) is 417 Å². The number of unbranched alkanes of at least 4 members (excludes halogenated alkanes) is 70. The van der Waals surface area contributed by atoms with Crippen molar-refractivity contribution in [1.82, 2.24) is 0 Å². The van der Waals surface area contributed by atoms with Crippen LogP contribution in [0, 0.1) is 0 Å². The Morgan fingerprint density at radius 2 is 0.196 bits per heavy atom. The summed E-state index contributed by atoms with van der Waals surface area (Å²) in [6, 6.07) is 0. The molecule has 0 saturated carbocycles. The Kier molecular flexibility index (Phi) is 122. The smallest absolute Gasteiger partial charge is 0.550 e. The summed E-state index contributed by atoms with van der Waals surface area (Å²) in [6.07, 6.45) is 99.3. The molecule has 604 valence electrons. The standard InChI is InChI=1S/5C18H36O2.Al.O/c5*1-2-3-4-5-6-7-8-9-10-11-12-13-14-15-16-17-18(19)20;;/h5*2-17H2,1H3,(H,19,20);;/q;;;;;+3;+2/p-5. The molecule has 0 fully saturated rings. The number of carbonyl (C=O) groups excluding carboxylic acids is 5. The van der Waals surface area contributed by atoms with E-state index in [4.69, 9.17) is 0 Å². The summed E-state index contributed by atoms with van der Waals surface area (Å²) in [7, 11) is 0. The van der Waals surface area contributed by atoms with Crippen LogP contribution in [0.15, 0.2) is 0 Å². The van der Waals surface area contributed by atoms with Gasteiger partial charge in [0.1, 0.15) is 0 Å². The number of hydrogen-bond donors (Lipinski definition) is 0. The molecule has 0 aromatic heterocycles. The number of rotatable bonds is 80. The first-order valence-electron chi connectivity index (χ1n) is 44.8. The fourth-order valence-corrected chi connectivity index (χ4v) is 13.2. The molecule has 0 N–H and O–H groups in total. The van der Waals surface area contributed by atoms with Crippen LogP contribution >= 0.6 is 0 Å². The monoisotopic (exact) mass is 1460 g/mol. The molecular formula is C90H175AlO11. The van der Waals surface area contributed by atoms with Crippen LogP contribution in [0.5, 0.6) is 0 Å². The zero-order chi connectivity index (χ0) is 74.5. The van der Waals surface area contributed by atoms with E-state index < -0.39 is 29.8 Å². The van der Waals surface area contributed by atoms with Crippen molar-refractivity contribution in [3.05, 3.63) is 0 Å². The number of carboxylic acid groups (broad SMARTS) is 5. The van der Waals surface area contributed by atoms with Gasteiger partial charge in [0.05, 0.1) is 0 Å². The number of carboxylic acids is 5. The van der Waals surface area contributed by atoms with Gasteiger partial charge >= 0.3 is 22.8 Å². The summed E-state index contributed by atoms with van der Waals surface area (Å²) in [6.45, 7) is 11.3. The molecule has 11 nitrogen and oxygen atoms in total. The van der Waals surface area contributed by atoms with Gasteiger partial charge in [-0.1, -0.05) is 484 Å². The average Bonchev–Trinajstić information content (AvgIpc) is 3.77. The van der Waals surface area contributed by atoms with E-state index >= 15 is 0 Å².